The van der Waals surface area contributed by atoms with Crippen molar-refractivity contribution >= 4 is 5.91 Å². The molecule has 0 bridgehead atoms. The van der Waals surface area contributed by atoms with E-state index in [-0.39, 0.29) is 24.5 Å². The van der Waals surface area contributed by atoms with Crippen LogP contribution in [0.25, 0.3) is 0 Å². The molecule has 0 heterocycles. The molecule has 0 aromatic heterocycles. The third-order valence-corrected chi connectivity index (χ3v) is 5.12. The van der Waals surface area contributed by atoms with E-state index in [1.54, 1.807) is 0 Å². The molecule has 0 saturated heterocycles. The van der Waals surface area contributed by atoms with Gasteiger partial charge in [0.05, 0.1) is 12.5 Å². The predicted octanol–water partition coefficient (Wildman–Crippen LogP) is 1.90. The monoisotopic (exact) mass is 282 g/mol. The first-order chi connectivity index (χ1) is 9.63. The first-order valence-electron chi connectivity index (χ1n) is 8.30. The summed E-state index contributed by atoms with van der Waals surface area (Å²) in [7, 11) is 0. The molecule has 0 aliphatic heterocycles. The normalized spacial score (nSPS) is 32.0. The van der Waals surface area contributed by atoms with Crippen molar-refractivity contribution < 1.29 is 9.90 Å². The topological polar surface area (TPSA) is 66.6 Å². The van der Waals surface area contributed by atoms with Crippen LogP contribution in [0.2, 0.25) is 0 Å². The molecular weight excluding hydrogens is 252 g/mol. The van der Waals surface area contributed by atoms with Gasteiger partial charge in [-0.15, -0.1) is 0 Å². The third kappa shape index (κ3) is 3.73. The van der Waals surface area contributed by atoms with Gasteiger partial charge in [-0.25, -0.2) is 0 Å². The number of nitrogens with zero attached hydrogens (tertiary/aromatic N) is 1. The van der Waals surface area contributed by atoms with Crippen LogP contribution in [0.5, 0.6) is 0 Å². The number of hydrogen-bond acceptors (Lipinski definition) is 3. The number of nitrogens with two attached hydrogens (primary N) is 1. The van der Waals surface area contributed by atoms with Gasteiger partial charge in [0.2, 0.25) is 5.91 Å². The summed E-state index contributed by atoms with van der Waals surface area (Å²) in [5.41, 5.74) is 6.20. The Labute approximate surface area is 122 Å². The Kier molecular flexibility index (Phi) is 5.85. The van der Waals surface area contributed by atoms with Gasteiger partial charge in [-0.1, -0.05) is 26.2 Å². The Morgan fingerprint density at radius 2 is 1.90 bits per heavy atom. The number of amides is 1. The van der Waals surface area contributed by atoms with Crippen molar-refractivity contribution in [3.8, 4) is 0 Å². The summed E-state index contributed by atoms with van der Waals surface area (Å²) >= 11 is 0. The van der Waals surface area contributed by atoms with Gasteiger partial charge in [0.1, 0.15) is 0 Å². The molecule has 4 heteroatoms. The second kappa shape index (κ2) is 7.41. The maximum Gasteiger partial charge on any atom is 0.227 e. The molecule has 4 nitrogen and oxygen atoms in total. The SMILES string of the molecule is CC1CCC(N)C(C(=O)N(CCO)C2CCCCC2)C1. The number of aliphatic hydroxyl groups is 1. The molecule has 20 heavy (non-hydrogen) atoms. The zero-order chi connectivity index (χ0) is 14.5. The minimum Gasteiger partial charge on any atom is -0.395 e. The molecule has 0 spiro atoms. The van der Waals surface area contributed by atoms with Gasteiger partial charge in [-0.05, 0) is 38.0 Å². The fourth-order valence-electron chi connectivity index (χ4n) is 3.87. The highest BCUT2D eigenvalue weighted by molar-refractivity contribution is 5.80. The lowest BCUT2D eigenvalue weighted by molar-refractivity contribution is -0.141. The van der Waals surface area contributed by atoms with Gasteiger partial charge in [0, 0.05) is 18.6 Å². The van der Waals surface area contributed by atoms with Crippen LogP contribution in [0.1, 0.15) is 58.3 Å². The van der Waals surface area contributed by atoms with E-state index in [1.807, 2.05) is 4.90 Å². The average Bonchev–Trinajstić information content (AvgIpc) is 2.47. The van der Waals surface area contributed by atoms with Crippen molar-refractivity contribution in [2.45, 2.75) is 70.4 Å². The molecule has 0 aromatic carbocycles. The minimum atomic E-state index is -0.0350. The lowest BCUT2D eigenvalue weighted by Gasteiger charge is -2.40. The Balaban J connectivity index is 2.04. The average molecular weight is 282 g/mol. The summed E-state index contributed by atoms with van der Waals surface area (Å²) in [5, 5.41) is 9.31. The van der Waals surface area contributed by atoms with Crippen molar-refractivity contribution in [2.75, 3.05) is 13.2 Å². The second-order valence-corrected chi connectivity index (χ2v) is 6.74. The highest BCUT2D eigenvalue weighted by Crippen LogP contribution is 2.31. The summed E-state index contributed by atoms with van der Waals surface area (Å²) < 4.78 is 0. The molecule has 3 N–H and O–H groups in total. The van der Waals surface area contributed by atoms with Gasteiger partial charge in [0.15, 0.2) is 0 Å². The Morgan fingerprint density at radius 1 is 1.20 bits per heavy atom. The maximum absolute atomic E-state index is 12.9. The lowest BCUT2D eigenvalue weighted by Crippen LogP contribution is -2.51. The lowest BCUT2D eigenvalue weighted by atomic mass is 9.78. The van der Waals surface area contributed by atoms with Crippen LogP contribution in [-0.4, -0.2) is 41.1 Å². The zero-order valence-corrected chi connectivity index (χ0v) is 12.8. The van der Waals surface area contributed by atoms with Gasteiger partial charge in [0.25, 0.3) is 0 Å². The van der Waals surface area contributed by atoms with E-state index in [0.29, 0.717) is 18.5 Å². The fourth-order valence-corrected chi connectivity index (χ4v) is 3.87. The number of carbonyl (C=O) groups is 1. The first-order valence-corrected chi connectivity index (χ1v) is 8.30. The maximum atomic E-state index is 12.9. The molecule has 2 fully saturated rings. The van der Waals surface area contributed by atoms with Gasteiger partial charge in [-0.2, -0.15) is 0 Å². The number of hydrogen-bond donors (Lipinski definition) is 2. The largest absolute Gasteiger partial charge is 0.395 e. The van der Waals surface area contributed by atoms with Crippen molar-refractivity contribution in [1.29, 1.82) is 0 Å². The predicted molar refractivity (Wildman–Crippen MR) is 80.2 cm³/mol. The van der Waals surface area contributed by atoms with Crippen LogP contribution in [0, 0.1) is 11.8 Å². The smallest absolute Gasteiger partial charge is 0.227 e. The number of rotatable bonds is 4. The summed E-state index contributed by atoms with van der Waals surface area (Å²) in [4.78, 5) is 14.8. The van der Waals surface area contributed by atoms with Crippen LogP contribution < -0.4 is 5.73 Å². The van der Waals surface area contributed by atoms with E-state index < -0.39 is 0 Å². The van der Waals surface area contributed by atoms with Crippen LogP contribution >= 0.6 is 0 Å². The van der Waals surface area contributed by atoms with Crippen molar-refractivity contribution in [2.24, 2.45) is 17.6 Å². The number of aliphatic hydroxyl groups excluding tert-OH is 1. The molecule has 0 aromatic rings. The van der Waals surface area contributed by atoms with Gasteiger partial charge in [-0.3, -0.25) is 4.79 Å². The van der Waals surface area contributed by atoms with Crippen molar-refractivity contribution in [1.82, 2.24) is 4.90 Å². The molecule has 3 atom stereocenters. The second-order valence-electron chi connectivity index (χ2n) is 6.74. The van der Waals surface area contributed by atoms with Crippen LogP contribution in [0.15, 0.2) is 0 Å². The molecule has 2 aliphatic rings. The van der Waals surface area contributed by atoms with E-state index >= 15 is 0 Å². The van der Waals surface area contributed by atoms with Crippen molar-refractivity contribution in [3.63, 3.8) is 0 Å². The molecule has 0 radical (unpaired) electrons. The summed E-state index contributed by atoms with van der Waals surface area (Å²) in [6, 6.07) is 0.330. The van der Waals surface area contributed by atoms with E-state index in [9.17, 15) is 9.90 Å². The summed E-state index contributed by atoms with van der Waals surface area (Å²) in [5.74, 6) is 0.753. The van der Waals surface area contributed by atoms with Crippen molar-refractivity contribution in [3.05, 3.63) is 0 Å². The fraction of sp³-hybridized carbons (Fsp3) is 0.938. The Hall–Kier alpha value is -0.610. The standard InChI is InChI=1S/C16H30N2O2/c1-12-7-8-15(17)14(11-12)16(20)18(9-10-19)13-5-3-2-4-6-13/h12-15,19H,2-11,17H2,1H3. The molecular formula is C16H30N2O2. The van der Waals surface area contributed by atoms with Gasteiger partial charge < -0.3 is 15.7 Å². The Morgan fingerprint density at radius 3 is 2.55 bits per heavy atom. The van der Waals surface area contributed by atoms with Crippen LogP contribution in [0.3, 0.4) is 0 Å². The Bertz CT molecular complexity index is 316. The molecule has 2 saturated carbocycles. The highest BCUT2D eigenvalue weighted by Gasteiger charge is 2.36. The minimum absolute atomic E-state index is 0.00323. The summed E-state index contributed by atoms with van der Waals surface area (Å²) in [6.45, 7) is 2.74. The molecule has 1 amide bonds. The van der Waals surface area contributed by atoms with E-state index in [2.05, 4.69) is 6.92 Å². The van der Waals surface area contributed by atoms with E-state index in [0.717, 1.165) is 32.1 Å². The first kappa shape index (κ1) is 15.8. The molecule has 116 valence electrons. The quantitative estimate of drug-likeness (QED) is 0.827. The number of carbonyl (C=O) groups excluding carboxylic acids is 1. The molecule has 3 unspecified atom stereocenters. The van der Waals surface area contributed by atoms with Crippen LogP contribution in [-0.2, 0) is 4.79 Å². The molecule has 2 aliphatic carbocycles. The zero-order valence-electron chi connectivity index (χ0n) is 12.8. The summed E-state index contributed by atoms with van der Waals surface area (Å²) in [6.07, 6.45) is 8.85. The van der Waals surface area contributed by atoms with E-state index in [1.165, 1.54) is 19.3 Å². The third-order valence-electron chi connectivity index (χ3n) is 5.12. The van der Waals surface area contributed by atoms with Crippen LogP contribution in [0.4, 0.5) is 0 Å². The molecule has 2 rings (SSSR count). The highest BCUT2D eigenvalue weighted by atomic mass is 16.3. The van der Waals surface area contributed by atoms with Gasteiger partial charge >= 0.3 is 0 Å². The van der Waals surface area contributed by atoms with E-state index in [4.69, 9.17) is 5.73 Å².